The minimum atomic E-state index is 0.0936. The zero-order chi connectivity index (χ0) is 13.8. The minimum Gasteiger partial charge on any atom is -0.327 e. The van der Waals surface area contributed by atoms with E-state index in [-0.39, 0.29) is 6.04 Å². The summed E-state index contributed by atoms with van der Waals surface area (Å²) in [6, 6.07) is 10.0. The number of aryl methyl sites for hydroxylation is 2. The molecule has 2 N–H and O–H groups in total. The molecular formula is C14H18ClN3S. The number of aromatic nitrogens is 2. The molecule has 2 aromatic rings. The molecule has 3 nitrogen and oxygen atoms in total. The van der Waals surface area contributed by atoms with Gasteiger partial charge in [-0.15, -0.1) is 11.8 Å². The third-order valence-corrected chi connectivity index (χ3v) is 4.56. The standard InChI is InChI=1S/C14H18ClN3S/c1-10-7-12(18(2)17-10)8-11(16)9-19-14-6-4-3-5-13(14)15/h3-7,11H,8-9,16H2,1-2H3. The van der Waals surface area contributed by atoms with Gasteiger partial charge in [0, 0.05) is 35.9 Å². The van der Waals surface area contributed by atoms with E-state index in [1.54, 1.807) is 11.8 Å². The number of nitrogens with zero attached hydrogens (tertiary/aromatic N) is 2. The van der Waals surface area contributed by atoms with Gasteiger partial charge in [-0.05, 0) is 25.1 Å². The molecule has 0 aliphatic heterocycles. The van der Waals surface area contributed by atoms with E-state index in [1.165, 1.54) is 5.69 Å². The maximum absolute atomic E-state index is 6.18. The van der Waals surface area contributed by atoms with Crippen molar-refractivity contribution >= 4 is 23.4 Å². The van der Waals surface area contributed by atoms with Crippen LogP contribution in [0.4, 0.5) is 0 Å². The summed E-state index contributed by atoms with van der Waals surface area (Å²) in [4.78, 5) is 1.08. The molecule has 0 radical (unpaired) electrons. The molecule has 19 heavy (non-hydrogen) atoms. The number of thioether (sulfide) groups is 1. The van der Waals surface area contributed by atoms with Gasteiger partial charge in [0.15, 0.2) is 0 Å². The maximum Gasteiger partial charge on any atom is 0.0596 e. The molecule has 102 valence electrons. The predicted octanol–water partition coefficient (Wildman–Crippen LogP) is 3.04. The fourth-order valence-electron chi connectivity index (χ4n) is 1.94. The van der Waals surface area contributed by atoms with E-state index in [0.717, 1.165) is 27.8 Å². The van der Waals surface area contributed by atoms with Crippen LogP contribution in [0.25, 0.3) is 0 Å². The Hall–Kier alpha value is -0.970. The monoisotopic (exact) mass is 295 g/mol. The van der Waals surface area contributed by atoms with Crippen molar-refractivity contribution in [2.24, 2.45) is 12.8 Å². The molecule has 0 amide bonds. The number of benzene rings is 1. The van der Waals surface area contributed by atoms with Crippen LogP contribution in [0.5, 0.6) is 0 Å². The number of nitrogens with two attached hydrogens (primary N) is 1. The molecule has 5 heteroatoms. The van der Waals surface area contributed by atoms with Crippen molar-refractivity contribution in [2.75, 3.05) is 5.75 Å². The highest BCUT2D eigenvalue weighted by atomic mass is 35.5. The van der Waals surface area contributed by atoms with Crippen LogP contribution in [0, 0.1) is 6.92 Å². The van der Waals surface area contributed by atoms with Crippen LogP contribution in [0.2, 0.25) is 5.02 Å². The number of rotatable bonds is 5. The second-order valence-corrected chi connectivity index (χ2v) is 6.08. The lowest BCUT2D eigenvalue weighted by molar-refractivity contribution is 0.653. The molecule has 0 bridgehead atoms. The Morgan fingerprint density at radius 1 is 1.42 bits per heavy atom. The molecule has 1 atom stereocenters. The maximum atomic E-state index is 6.18. The largest absolute Gasteiger partial charge is 0.327 e. The van der Waals surface area contributed by atoms with E-state index in [1.807, 2.05) is 42.9 Å². The molecule has 0 saturated carbocycles. The summed E-state index contributed by atoms with van der Waals surface area (Å²) in [5.74, 6) is 0.841. The van der Waals surface area contributed by atoms with Crippen LogP contribution >= 0.6 is 23.4 Å². The second-order valence-electron chi connectivity index (χ2n) is 4.61. The van der Waals surface area contributed by atoms with Gasteiger partial charge in [0.25, 0.3) is 0 Å². The van der Waals surface area contributed by atoms with Crippen LogP contribution in [0.15, 0.2) is 35.2 Å². The van der Waals surface area contributed by atoms with Crippen LogP contribution in [0.3, 0.4) is 0 Å². The second kappa shape index (κ2) is 6.46. The predicted molar refractivity (Wildman–Crippen MR) is 81.8 cm³/mol. The molecule has 0 aliphatic rings. The van der Waals surface area contributed by atoms with Crippen LogP contribution in [-0.2, 0) is 13.5 Å². The fraction of sp³-hybridized carbons (Fsp3) is 0.357. The highest BCUT2D eigenvalue weighted by Gasteiger charge is 2.10. The zero-order valence-electron chi connectivity index (χ0n) is 11.1. The Kier molecular flexibility index (Phi) is 4.91. The molecule has 1 aromatic heterocycles. The SMILES string of the molecule is Cc1cc(CC(N)CSc2ccccc2Cl)n(C)n1. The van der Waals surface area contributed by atoms with Crippen molar-refractivity contribution in [3.8, 4) is 0 Å². The molecular weight excluding hydrogens is 278 g/mol. The smallest absolute Gasteiger partial charge is 0.0596 e. The van der Waals surface area contributed by atoms with Crippen molar-refractivity contribution in [3.05, 3.63) is 46.7 Å². The summed E-state index contributed by atoms with van der Waals surface area (Å²) < 4.78 is 1.90. The van der Waals surface area contributed by atoms with Crippen molar-refractivity contribution in [1.29, 1.82) is 0 Å². The van der Waals surface area contributed by atoms with Crippen molar-refractivity contribution in [2.45, 2.75) is 24.3 Å². The molecule has 1 heterocycles. The number of hydrogen-bond donors (Lipinski definition) is 1. The summed E-state index contributed by atoms with van der Waals surface area (Å²) in [7, 11) is 1.95. The molecule has 0 spiro atoms. The molecule has 2 rings (SSSR count). The highest BCUT2D eigenvalue weighted by Crippen LogP contribution is 2.27. The van der Waals surface area contributed by atoms with Crippen molar-refractivity contribution in [3.63, 3.8) is 0 Å². The van der Waals surface area contributed by atoms with Gasteiger partial charge in [-0.3, -0.25) is 4.68 Å². The summed E-state index contributed by atoms with van der Waals surface area (Å²) in [6.45, 7) is 1.99. The number of halogens is 1. The lowest BCUT2D eigenvalue weighted by Gasteiger charge is -2.12. The van der Waals surface area contributed by atoms with Gasteiger partial charge >= 0.3 is 0 Å². The average molecular weight is 296 g/mol. The van der Waals surface area contributed by atoms with Crippen LogP contribution in [0.1, 0.15) is 11.4 Å². The van der Waals surface area contributed by atoms with Gasteiger partial charge in [0.05, 0.1) is 10.7 Å². The van der Waals surface area contributed by atoms with Gasteiger partial charge in [-0.1, -0.05) is 23.7 Å². The quantitative estimate of drug-likeness (QED) is 0.862. The van der Waals surface area contributed by atoms with E-state index in [4.69, 9.17) is 17.3 Å². The third kappa shape index (κ3) is 4.00. The Morgan fingerprint density at radius 2 is 2.16 bits per heavy atom. The normalized spacial score (nSPS) is 12.6. The Bertz CT molecular complexity index is 553. The molecule has 0 aliphatic carbocycles. The Labute approximate surface area is 123 Å². The Morgan fingerprint density at radius 3 is 2.79 bits per heavy atom. The third-order valence-electron chi connectivity index (χ3n) is 2.86. The summed E-state index contributed by atoms with van der Waals surface area (Å²) in [5, 5.41) is 5.12. The van der Waals surface area contributed by atoms with Crippen LogP contribution in [-0.4, -0.2) is 21.6 Å². The molecule has 1 aromatic carbocycles. The van der Waals surface area contributed by atoms with Gasteiger partial charge in [0.1, 0.15) is 0 Å². The lowest BCUT2D eigenvalue weighted by Crippen LogP contribution is -2.26. The topological polar surface area (TPSA) is 43.8 Å². The van der Waals surface area contributed by atoms with Gasteiger partial charge in [-0.2, -0.15) is 5.10 Å². The summed E-state index contributed by atoms with van der Waals surface area (Å²) in [6.07, 6.45) is 0.828. The molecule has 1 unspecified atom stereocenters. The first kappa shape index (κ1) is 14.4. The van der Waals surface area contributed by atoms with E-state index in [2.05, 4.69) is 11.2 Å². The van der Waals surface area contributed by atoms with Crippen molar-refractivity contribution in [1.82, 2.24) is 9.78 Å². The van der Waals surface area contributed by atoms with Gasteiger partial charge < -0.3 is 5.73 Å². The highest BCUT2D eigenvalue weighted by molar-refractivity contribution is 7.99. The molecule has 0 saturated heterocycles. The van der Waals surface area contributed by atoms with E-state index < -0.39 is 0 Å². The summed E-state index contributed by atoms with van der Waals surface area (Å²) >= 11 is 7.82. The first-order valence-electron chi connectivity index (χ1n) is 6.18. The van der Waals surface area contributed by atoms with Crippen LogP contribution < -0.4 is 5.73 Å². The fourth-order valence-corrected chi connectivity index (χ4v) is 3.13. The molecule has 0 fully saturated rings. The first-order valence-corrected chi connectivity index (χ1v) is 7.55. The zero-order valence-corrected chi connectivity index (χ0v) is 12.7. The van der Waals surface area contributed by atoms with E-state index >= 15 is 0 Å². The van der Waals surface area contributed by atoms with E-state index in [9.17, 15) is 0 Å². The summed E-state index contributed by atoms with van der Waals surface area (Å²) in [5.41, 5.74) is 8.38. The minimum absolute atomic E-state index is 0.0936. The first-order chi connectivity index (χ1) is 9.06. The average Bonchev–Trinajstić information content (AvgIpc) is 2.67. The lowest BCUT2D eigenvalue weighted by atomic mass is 10.2. The van der Waals surface area contributed by atoms with Gasteiger partial charge in [0.2, 0.25) is 0 Å². The van der Waals surface area contributed by atoms with Crippen molar-refractivity contribution < 1.29 is 0 Å². The van der Waals surface area contributed by atoms with E-state index in [0.29, 0.717) is 0 Å². The van der Waals surface area contributed by atoms with Gasteiger partial charge in [-0.25, -0.2) is 0 Å². The number of hydrogen-bond acceptors (Lipinski definition) is 3. The Balaban J connectivity index is 1.90.